The molecule has 0 N–H and O–H groups in total. The zero-order valence-electron chi connectivity index (χ0n) is 23.7. The standard InChI is InChI=1S/C32H54O/c1-21-11-16-30(8)23-13-17-32(10)27(29(6,7)22(2)12-15-28(3,4)5)14-18-31(32,9)24(23)20-26(33)25(30)19-21/h20-23,25,27H,11-19H2,1-10H3/t21-,22-,23?,25+,27-,30-,31+,32-/m1/s1. The second-order valence-electron chi connectivity index (χ2n) is 15.7. The van der Waals surface area contributed by atoms with Crippen molar-refractivity contribution in [3.63, 3.8) is 0 Å². The summed E-state index contributed by atoms with van der Waals surface area (Å²) in [5, 5.41) is 0. The van der Waals surface area contributed by atoms with Crippen molar-refractivity contribution in [2.24, 2.45) is 56.7 Å². The van der Waals surface area contributed by atoms with Crippen molar-refractivity contribution in [2.75, 3.05) is 0 Å². The molecule has 1 nitrogen and oxygen atoms in total. The third-order valence-electron chi connectivity index (χ3n) is 12.5. The summed E-state index contributed by atoms with van der Waals surface area (Å²) >= 11 is 0. The molecule has 0 saturated heterocycles. The average molecular weight is 455 g/mol. The molecular formula is C32H54O. The molecule has 188 valence electrons. The number of rotatable bonds is 4. The SMILES string of the molecule is C[C@@H]1CC[C@]2(C)C3CC[C@]4(C)[C@@H](C(C)(C)[C@H](C)CCC(C)(C)C)CC[C@@]4(C)C3=CC(=O)[C@@H]2C1. The molecule has 3 saturated carbocycles. The van der Waals surface area contributed by atoms with Gasteiger partial charge in [-0.3, -0.25) is 4.79 Å². The number of fused-ring (bicyclic) bond motifs is 5. The van der Waals surface area contributed by atoms with Gasteiger partial charge in [0, 0.05) is 5.92 Å². The second kappa shape index (κ2) is 7.96. The van der Waals surface area contributed by atoms with E-state index in [4.69, 9.17) is 0 Å². The Kier molecular flexibility index (Phi) is 6.15. The van der Waals surface area contributed by atoms with Crippen LogP contribution in [0, 0.1) is 56.7 Å². The molecule has 0 aromatic carbocycles. The lowest BCUT2D eigenvalue weighted by molar-refractivity contribution is -0.132. The van der Waals surface area contributed by atoms with Gasteiger partial charge >= 0.3 is 0 Å². The third-order valence-corrected chi connectivity index (χ3v) is 12.5. The van der Waals surface area contributed by atoms with Crippen molar-refractivity contribution in [3.05, 3.63) is 11.6 Å². The molecule has 0 spiro atoms. The van der Waals surface area contributed by atoms with Crippen molar-refractivity contribution in [1.29, 1.82) is 0 Å². The van der Waals surface area contributed by atoms with Crippen LogP contribution >= 0.6 is 0 Å². The minimum atomic E-state index is 0.189. The van der Waals surface area contributed by atoms with Crippen LogP contribution in [0.2, 0.25) is 0 Å². The van der Waals surface area contributed by atoms with Gasteiger partial charge in [0.05, 0.1) is 0 Å². The third kappa shape index (κ3) is 3.81. The first-order valence-electron chi connectivity index (χ1n) is 14.3. The van der Waals surface area contributed by atoms with Crippen molar-refractivity contribution >= 4 is 5.78 Å². The molecule has 0 amide bonds. The first-order chi connectivity index (χ1) is 15.1. The maximum atomic E-state index is 13.6. The lowest BCUT2D eigenvalue weighted by atomic mass is 9.42. The van der Waals surface area contributed by atoms with Crippen LogP contribution in [0.3, 0.4) is 0 Å². The van der Waals surface area contributed by atoms with Crippen LogP contribution < -0.4 is 0 Å². The van der Waals surface area contributed by atoms with E-state index < -0.39 is 0 Å². The Morgan fingerprint density at radius 1 is 0.970 bits per heavy atom. The summed E-state index contributed by atoms with van der Waals surface area (Å²) in [5.41, 5.74) is 3.01. The van der Waals surface area contributed by atoms with Gasteiger partial charge in [-0.1, -0.05) is 81.2 Å². The number of carbonyl (C=O) groups is 1. The Balaban J connectivity index is 1.65. The zero-order chi connectivity index (χ0) is 24.6. The van der Waals surface area contributed by atoms with Gasteiger partial charge in [-0.05, 0) is 108 Å². The summed E-state index contributed by atoms with van der Waals surface area (Å²) in [5.74, 6) is 3.54. The maximum Gasteiger partial charge on any atom is 0.159 e. The molecule has 0 aliphatic heterocycles. The van der Waals surface area contributed by atoms with Gasteiger partial charge in [-0.15, -0.1) is 0 Å². The number of hydrogen-bond acceptors (Lipinski definition) is 1. The molecule has 1 unspecified atom stereocenters. The van der Waals surface area contributed by atoms with Crippen molar-refractivity contribution < 1.29 is 4.79 Å². The summed E-state index contributed by atoms with van der Waals surface area (Å²) in [6, 6.07) is 0. The molecule has 0 heterocycles. The van der Waals surface area contributed by atoms with E-state index in [2.05, 4.69) is 75.3 Å². The predicted octanol–water partition coefficient (Wildman–Crippen LogP) is 9.26. The molecule has 4 rings (SSSR count). The van der Waals surface area contributed by atoms with Crippen LogP contribution in [0.1, 0.15) is 127 Å². The van der Waals surface area contributed by atoms with Crippen LogP contribution in [-0.2, 0) is 4.79 Å². The summed E-state index contributed by atoms with van der Waals surface area (Å²) in [6.45, 7) is 24.9. The fourth-order valence-electron chi connectivity index (χ4n) is 9.47. The lowest BCUT2D eigenvalue weighted by Crippen LogP contribution is -2.56. The highest BCUT2D eigenvalue weighted by Gasteiger charge is 2.66. The molecule has 8 atom stereocenters. The highest BCUT2D eigenvalue weighted by Crippen LogP contribution is 2.73. The quantitative estimate of drug-likeness (QED) is 0.413. The number of allylic oxidation sites excluding steroid dienone is 2. The molecule has 0 aromatic rings. The van der Waals surface area contributed by atoms with Gasteiger partial charge in [0.2, 0.25) is 0 Å². The molecule has 4 aliphatic rings. The van der Waals surface area contributed by atoms with E-state index in [-0.39, 0.29) is 16.7 Å². The molecule has 4 aliphatic carbocycles. The van der Waals surface area contributed by atoms with Crippen molar-refractivity contribution in [2.45, 2.75) is 127 Å². The molecule has 0 aromatic heterocycles. The van der Waals surface area contributed by atoms with E-state index in [9.17, 15) is 4.79 Å². The normalized spacial score (nSPS) is 44.5. The predicted molar refractivity (Wildman–Crippen MR) is 141 cm³/mol. The second-order valence-corrected chi connectivity index (χ2v) is 15.7. The fourth-order valence-corrected chi connectivity index (χ4v) is 9.47. The molecule has 0 radical (unpaired) electrons. The van der Waals surface area contributed by atoms with E-state index in [0.29, 0.717) is 33.9 Å². The smallest absolute Gasteiger partial charge is 0.159 e. The summed E-state index contributed by atoms with van der Waals surface area (Å²) < 4.78 is 0. The maximum absolute atomic E-state index is 13.6. The van der Waals surface area contributed by atoms with Gasteiger partial charge in [-0.25, -0.2) is 0 Å². The summed E-state index contributed by atoms with van der Waals surface area (Å²) in [7, 11) is 0. The summed E-state index contributed by atoms with van der Waals surface area (Å²) in [6.07, 6.45) is 13.8. The van der Waals surface area contributed by atoms with Crippen LogP contribution in [0.5, 0.6) is 0 Å². The number of carbonyl (C=O) groups excluding carboxylic acids is 1. The van der Waals surface area contributed by atoms with Gasteiger partial charge in [-0.2, -0.15) is 0 Å². The van der Waals surface area contributed by atoms with Crippen LogP contribution in [-0.4, -0.2) is 5.78 Å². The Hall–Kier alpha value is -0.590. The Morgan fingerprint density at radius 2 is 1.64 bits per heavy atom. The molecule has 0 bridgehead atoms. The topological polar surface area (TPSA) is 17.1 Å². The fraction of sp³-hybridized carbons (Fsp3) is 0.906. The molecule has 1 heteroatoms. The lowest BCUT2D eigenvalue weighted by Gasteiger charge is -2.62. The zero-order valence-corrected chi connectivity index (χ0v) is 23.7. The number of hydrogen-bond donors (Lipinski definition) is 0. The highest BCUT2D eigenvalue weighted by molar-refractivity contribution is 5.94. The van der Waals surface area contributed by atoms with Gasteiger partial charge in [0.15, 0.2) is 5.78 Å². The minimum Gasteiger partial charge on any atom is -0.295 e. The van der Waals surface area contributed by atoms with E-state index >= 15 is 0 Å². The monoisotopic (exact) mass is 454 g/mol. The van der Waals surface area contributed by atoms with Crippen molar-refractivity contribution in [1.82, 2.24) is 0 Å². The van der Waals surface area contributed by atoms with Crippen LogP contribution in [0.4, 0.5) is 0 Å². The minimum absolute atomic E-state index is 0.189. The van der Waals surface area contributed by atoms with E-state index in [0.717, 1.165) is 18.3 Å². The van der Waals surface area contributed by atoms with Gasteiger partial charge in [0.25, 0.3) is 0 Å². The van der Waals surface area contributed by atoms with Gasteiger partial charge in [0.1, 0.15) is 0 Å². The molecule has 3 fully saturated rings. The van der Waals surface area contributed by atoms with Crippen molar-refractivity contribution in [3.8, 4) is 0 Å². The number of ketones is 1. The van der Waals surface area contributed by atoms with Gasteiger partial charge < -0.3 is 0 Å². The first-order valence-corrected chi connectivity index (χ1v) is 14.3. The molecule has 33 heavy (non-hydrogen) atoms. The first kappa shape index (κ1) is 25.5. The highest BCUT2D eigenvalue weighted by atomic mass is 16.1. The Bertz CT molecular complexity index is 811. The average Bonchev–Trinajstić information content (AvgIpc) is 2.99. The largest absolute Gasteiger partial charge is 0.295 e. The van der Waals surface area contributed by atoms with E-state index in [1.54, 1.807) is 5.57 Å². The molecular weight excluding hydrogens is 400 g/mol. The Morgan fingerprint density at radius 3 is 2.27 bits per heavy atom. The van der Waals surface area contributed by atoms with Crippen LogP contribution in [0.15, 0.2) is 11.6 Å². The van der Waals surface area contributed by atoms with E-state index in [1.165, 1.54) is 51.4 Å². The van der Waals surface area contributed by atoms with Crippen LogP contribution in [0.25, 0.3) is 0 Å². The summed E-state index contributed by atoms with van der Waals surface area (Å²) in [4.78, 5) is 13.6. The van der Waals surface area contributed by atoms with E-state index in [1.807, 2.05) is 0 Å². The Labute approximate surface area is 206 Å².